The predicted molar refractivity (Wildman–Crippen MR) is 136 cm³/mol. The van der Waals surface area contributed by atoms with Crippen molar-refractivity contribution in [1.29, 1.82) is 0 Å². The lowest BCUT2D eigenvalue weighted by Gasteiger charge is -2.35. The number of hydrogen-bond acceptors (Lipinski definition) is 4. The number of guanidine groups is 1. The molecule has 1 unspecified atom stereocenters. The van der Waals surface area contributed by atoms with Gasteiger partial charge in [-0.15, -0.1) is 24.0 Å². The molecule has 1 atom stereocenters. The highest BCUT2D eigenvalue weighted by atomic mass is 127. The average molecular weight is 548 g/mol. The smallest absolute Gasteiger partial charge is 0.191 e. The van der Waals surface area contributed by atoms with Crippen molar-refractivity contribution in [3.8, 4) is 0 Å². The molecule has 0 aromatic heterocycles. The molecule has 2 N–H and O–H groups in total. The maximum absolute atomic E-state index is 13.4. The van der Waals surface area contributed by atoms with Gasteiger partial charge in [0.15, 0.2) is 5.96 Å². The molecule has 3 rings (SSSR count). The zero-order chi connectivity index (χ0) is 21.0. The highest BCUT2D eigenvalue weighted by Gasteiger charge is 2.23. The summed E-state index contributed by atoms with van der Waals surface area (Å²) in [6, 6.07) is 7.01. The van der Waals surface area contributed by atoms with Gasteiger partial charge < -0.3 is 20.3 Å². The molecule has 0 saturated carbocycles. The topological polar surface area (TPSA) is 52.1 Å². The van der Waals surface area contributed by atoms with Gasteiger partial charge in [-0.25, -0.2) is 4.39 Å². The van der Waals surface area contributed by atoms with Gasteiger partial charge in [0.05, 0.1) is 19.3 Å². The van der Waals surface area contributed by atoms with Gasteiger partial charge in [0.1, 0.15) is 5.82 Å². The first-order valence-electron chi connectivity index (χ1n) is 11.5. The van der Waals surface area contributed by atoms with Crippen molar-refractivity contribution in [2.75, 3.05) is 66.1 Å². The number of hydrogen-bond donors (Lipinski definition) is 2. The molecular weight excluding hydrogens is 508 g/mol. The van der Waals surface area contributed by atoms with Crippen LogP contribution in [0.2, 0.25) is 0 Å². The Bertz CT molecular complexity index is 631. The molecule has 0 bridgehead atoms. The predicted octanol–water partition coefficient (Wildman–Crippen LogP) is 3.25. The van der Waals surface area contributed by atoms with Crippen LogP contribution >= 0.6 is 24.0 Å². The Hall–Kier alpha value is -0.970. The summed E-state index contributed by atoms with van der Waals surface area (Å²) >= 11 is 0. The Morgan fingerprint density at radius 3 is 2.35 bits per heavy atom. The van der Waals surface area contributed by atoms with Crippen LogP contribution in [0.1, 0.15) is 43.7 Å². The molecule has 0 spiro atoms. The molecular formula is C23H39FIN5O. The number of rotatable bonds is 8. The lowest BCUT2D eigenvalue weighted by molar-refractivity contribution is 0.0170. The molecule has 2 fully saturated rings. The van der Waals surface area contributed by atoms with Crippen LogP contribution in [0.25, 0.3) is 0 Å². The Morgan fingerprint density at radius 1 is 1.03 bits per heavy atom. The van der Waals surface area contributed by atoms with Crippen molar-refractivity contribution < 1.29 is 9.13 Å². The first-order chi connectivity index (χ1) is 14.8. The summed E-state index contributed by atoms with van der Waals surface area (Å²) in [4.78, 5) is 9.38. The van der Waals surface area contributed by atoms with Crippen LogP contribution in [0.3, 0.4) is 0 Å². The Morgan fingerprint density at radius 2 is 1.71 bits per heavy atom. The van der Waals surface area contributed by atoms with Gasteiger partial charge in [-0.05, 0) is 56.6 Å². The van der Waals surface area contributed by atoms with E-state index in [-0.39, 0.29) is 35.8 Å². The highest BCUT2D eigenvalue weighted by molar-refractivity contribution is 14.0. The zero-order valence-corrected chi connectivity index (χ0v) is 21.2. The van der Waals surface area contributed by atoms with Crippen molar-refractivity contribution in [3.05, 3.63) is 35.6 Å². The summed E-state index contributed by atoms with van der Waals surface area (Å²) in [5.41, 5.74) is 1.11. The minimum atomic E-state index is -0.200. The maximum Gasteiger partial charge on any atom is 0.191 e. The van der Waals surface area contributed by atoms with Gasteiger partial charge in [0.25, 0.3) is 0 Å². The molecule has 2 heterocycles. The van der Waals surface area contributed by atoms with E-state index in [4.69, 9.17) is 4.74 Å². The fourth-order valence-corrected chi connectivity index (χ4v) is 4.32. The third-order valence-electron chi connectivity index (χ3n) is 6.07. The summed E-state index contributed by atoms with van der Waals surface area (Å²) in [5, 5.41) is 6.93. The Balaban J connectivity index is 0.00000341. The molecule has 176 valence electrons. The second-order valence-corrected chi connectivity index (χ2v) is 8.20. The standard InChI is InChI=1S/C23H38FN5O.HI/c1-25-23(26-11-6-14-28-12-4-2-3-5-13-28)27-19-22(29-15-17-30-18-16-29)20-7-9-21(24)10-8-20;/h7-10,22H,2-6,11-19H2,1H3,(H2,25,26,27);1H. The van der Waals surface area contributed by atoms with E-state index in [2.05, 4.69) is 25.4 Å². The number of halogens is 2. The molecule has 6 nitrogen and oxygen atoms in total. The minimum absolute atomic E-state index is 0. The van der Waals surface area contributed by atoms with Crippen LogP contribution in [0.5, 0.6) is 0 Å². The van der Waals surface area contributed by atoms with Crippen molar-refractivity contribution >= 4 is 29.9 Å². The van der Waals surface area contributed by atoms with Gasteiger partial charge in [-0.3, -0.25) is 9.89 Å². The van der Waals surface area contributed by atoms with Crippen LogP contribution in [0.15, 0.2) is 29.3 Å². The molecule has 1 aromatic rings. The fourth-order valence-electron chi connectivity index (χ4n) is 4.32. The summed E-state index contributed by atoms with van der Waals surface area (Å²) in [6.45, 7) is 8.50. The largest absolute Gasteiger partial charge is 0.379 e. The monoisotopic (exact) mass is 547 g/mol. The van der Waals surface area contributed by atoms with E-state index in [1.165, 1.54) is 38.8 Å². The molecule has 2 aliphatic heterocycles. The second kappa shape index (κ2) is 15.0. The molecule has 31 heavy (non-hydrogen) atoms. The van der Waals surface area contributed by atoms with Gasteiger partial charge in [-0.2, -0.15) is 0 Å². The lowest BCUT2D eigenvalue weighted by atomic mass is 10.0. The normalized spacial score (nSPS) is 19.9. The van der Waals surface area contributed by atoms with Crippen molar-refractivity contribution in [3.63, 3.8) is 0 Å². The van der Waals surface area contributed by atoms with Gasteiger partial charge in [0.2, 0.25) is 0 Å². The molecule has 0 radical (unpaired) electrons. The van der Waals surface area contributed by atoms with Gasteiger partial charge >= 0.3 is 0 Å². The van der Waals surface area contributed by atoms with E-state index in [0.717, 1.165) is 63.9 Å². The number of nitrogens with one attached hydrogen (secondary N) is 2. The van der Waals surface area contributed by atoms with Crippen molar-refractivity contribution in [2.24, 2.45) is 4.99 Å². The van der Waals surface area contributed by atoms with Crippen LogP contribution in [0, 0.1) is 5.82 Å². The quantitative estimate of drug-likeness (QED) is 0.227. The number of benzene rings is 1. The van der Waals surface area contributed by atoms with Gasteiger partial charge in [0, 0.05) is 33.2 Å². The SMILES string of the molecule is CN=C(NCCCN1CCCCCC1)NCC(c1ccc(F)cc1)N1CCOCC1.I. The first kappa shape index (κ1) is 26.3. The Kier molecular flexibility index (Phi) is 12.7. The van der Waals surface area contributed by atoms with E-state index in [1.807, 2.05) is 19.2 Å². The summed E-state index contributed by atoms with van der Waals surface area (Å²) in [5.74, 6) is 0.626. The van der Waals surface area contributed by atoms with Crippen molar-refractivity contribution in [1.82, 2.24) is 20.4 Å². The van der Waals surface area contributed by atoms with Crippen molar-refractivity contribution in [2.45, 2.75) is 38.1 Å². The molecule has 8 heteroatoms. The summed E-state index contributed by atoms with van der Waals surface area (Å²) < 4.78 is 18.9. The highest BCUT2D eigenvalue weighted by Crippen LogP contribution is 2.21. The third kappa shape index (κ3) is 9.19. The second-order valence-electron chi connectivity index (χ2n) is 8.20. The van der Waals surface area contributed by atoms with E-state index in [0.29, 0.717) is 0 Å². The number of aliphatic imine (C=N–C) groups is 1. The summed E-state index contributed by atoms with van der Waals surface area (Å²) in [7, 11) is 1.81. The number of likely N-dealkylation sites (tertiary alicyclic amines) is 1. The first-order valence-corrected chi connectivity index (χ1v) is 11.5. The van der Waals surface area contributed by atoms with Crippen LogP contribution in [0.4, 0.5) is 4.39 Å². The molecule has 2 aliphatic rings. The van der Waals surface area contributed by atoms with E-state index >= 15 is 0 Å². The van der Waals surface area contributed by atoms with Gasteiger partial charge in [-0.1, -0.05) is 25.0 Å². The van der Waals surface area contributed by atoms with Crippen LogP contribution in [-0.2, 0) is 4.74 Å². The molecule has 1 aromatic carbocycles. The minimum Gasteiger partial charge on any atom is -0.379 e. The number of morpholine rings is 1. The van der Waals surface area contributed by atoms with Crippen LogP contribution < -0.4 is 10.6 Å². The number of ether oxygens (including phenoxy) is 1. The van der Waals surface area contributed by atoms with E-state index < -0.39 is 0 Å². The van der Waals surface area contributed by atoms with Crippen LogP contribution in [-0.4, -0.2) is 81.8 Å². The average Bonchev–Trinajstić information content (AvgIpc) is 3.06. The lowest BCUT2D eigenvalue weighted by Crippen LogP contribution is -2.46. The maximum atomic E-state index is 13.4. The van der Waals surface area contributed by atoms with E-state index in [9.17, 15) is 4.39 Å². The van der Waals surface area contributed by atoms with E-state index in [1.54, 1.807) is 12.1 Å². The zero-order valence-electron chi connectivity index (χ0n) is 18.8. The fraction of sp³-hybridized carbons (Fsp3) is 0.696. The third-order valence-corrected chi connectivity index (χ3v) is 6.07. The number of nitrogens with zero attached hydrogens (tertiary/aromatic N) is 3. The molecule has 0 aliphatic carbocycles. The summed E-state index contributed by atoms with van der Waals surface area (Å²) in [6.07, 6.45) is 6.55. The Labute approximate surface area is 204 Å². The molecule has 2 saturated heterocycles. The molecule has 0 amide bonds.